The zero-order valence-electron chi connectivity index (χ0n) is 10.6. The average Bonchev–Trinajstić information content (AvgIpc) is 2.29. The van der Waals surface area contributed by atoms with Crippen LogP contribution in [0.4, 0.5) is 0 Å². The van der Waals surface area contributed by atoms with Crippen LogP contribution in [-0.4, -0.2) is 18.2 Å². The zero-order chi connectivity index (χ0) is 11.3. The SMILES string of the molecule is CCC1CCCCC1OC(C)(CC)CN. The molecule has 0 heterocycles. The summed E-state index contributed by atoms with van der Waals surface area (Å²) in [6, 6.07) is 0. The summed E-state index contributed by atoms with van der Waals surface area (Å²) in [5.74, 6) is 0.760. The molecule has 2 N–H and O–H groups in total. The second-order valence-electron chi connectivity index (χ2n) is 5.12. The van der Waals surface area contributed by atoms with E-state index in [4.69, 9.17) is 10.5 Å². The summed E-state index contributed by atoms with van der Waals surface area (Å²) in [6.07, 6.45) is 7.98. The van der Waals surface area contributed by atoms with Crippen LogP contribution in [0, 0.1) is 5.92 Å². The molecule has 0 bridgehead atoms. The molecule has 1 aliphatic carbocycles. The maximum atomic E-state index is 6.26. The number of nitrogens with two attached hydrogens (primary N) is 1. The Morgan fingerprint density at radius 2 is 1.93 bits per heavy atom. The molecule has 2 heteroatoms. The van der Waals surface area contributed by atoms with Gasteiger partial charge in [-0.1, -0.05) is 33.1 Å². The highest BCUT2D eigenvalue weighted by atomic mass is 16.5. The minimum absolute atomic E-state index is 0.102. The van der Waals surface area contributed by atoms with Gasteiger partial charge in [0.25, 0.3) is 0 Å². The quantitative estimate of drug-likeness (QED) is 0.761. The molecule has 1 fully saturated rings. The van der Waals surface area contributed by atoms with Gasteiger partial charge in [0, 0.05) is 6.54 Å². The van der Waals surface area contributed by atoms with Crippen LogP contribution in [0.25, 0.3) is 0 Å². The zero-order valence-corrected chi connectivity index (χ0v) is 10.6. The molecule has 2 nitrogen and oxygen atoms in total. The van der Waals surface area contributed by atoms with Crippen molar-refractivity contribution in [1.82, 2.24) is 0 Å². The van der Waals surface area contributed by atoms with Gasteiger partial charge >= 0.3 is 0 Å². The van der Waals surface area contributed by atoms with Crippen LogP contribution in [0.2, 0.25) is 0 Å². The minimum atomic E-state index is -0.102. The smallest absolute Gasteiger partial charge is 0.0777 e. The number of hydrogen-bond acceptors (Lipinski definition) is 2. The first-order valence-electron chi connectivity index (χ1n) is 6.53. The Morgan fingerprint density at radius 1 is 1.27 bits per heavy atom. The molecule has 15 heavy (non-hydrogen) atoms. The standard InChI is InChI=1S/C13H27NO/c1-4-11-8-6-7-9-12(11)15-13(3,5-2)10-14/h11-12H,4-10,14H2,1-3H3. The summed E-state index contributed by atoms with van der Waals surface area (Å²) in [7, 11) is 0. The van der Waals surface area contributed by atoms with Gasteiger partial charge in [0.05, 0.1) is 11.7 Å². The second kappa shape index (κ2) is 5.86. The van der Waals surface area contributed by atoms with Crippen molar-refractivity contribution >= 4 is 0 Å². The van der Waals surface area contributed by atoms with E-state index in [1.54, 1.807) is 0 Å². The first-order chi connectivity index (χ1) is 7.15. The number of hydrogen-bond donors (Lipinski definition) is 1. The van der Waals surface area contributed by atoms with E-state index >= 15 is 0 Å². The fraction of sp³-hybridized carbons (Fsp3) is 1.00. The van der Waals surface area contributed by atoms with Crippen LogP contribution in [0.1, 0.15) is 59.3 Å². The van der Waals surface area contributed by atoms with Crippen LogP contribution in [0.15, 0.2) is 0 Å². The molecule has 0 spiro atoms. The molecule has 3 atom stereocenters. The molecule has 0 amide bonds. The van der Waals surface area contributed by atoms with Crippen LogP contribution in [0.3, 0.4) is 0 Å². The van der Waals surface area contributed by atoms with E-state index in [2.05, 4.69) is 20.8 Å². The molecular weight excluding hydrogens is 186 g/mol. The van der Waals surface area contributed by atoms with Gasteiger partial charge in [-0.25, -0.2) is 0 Å². The van der Waals surface area contributed by atoms with E-state index in [0.29, 0.717) is 12.6 Å². The largest absolute Gasteiger partial charge is 0.370 e. The van der Waals surface area contributed by atoms with E-state index in [-0.39, 0.29) is 5.60 Å². The minimum Gasteiger partial charge on any atom is -0.370 e. The molecule has 0 aliphatic heterocycles. The van der Waals surface area contributed by atoms with Crippen LogP contribution >= 0.6 is 0 Å². The molecule has 0 radical (unpaired) electrons. The molecule has 0 aromatic rings. The Bertz CT molecular complexity index is 177. The predicted molar refractivity (Wildman–Crippen MR) is 64.9 cm³/mol. The third-order valence-corrected chi connectivity index (χ3v) is 3.98. The normalized spacial score (nSPS) is 31.2. The third-order valence-electron chi connectivity index (χ3n) is 3.98. The fourth-order valence-electron chi connectivity index (χ4n) is 2.44. The number of ether oxygens (including phenoxy) is 1. The summed E-state index contributed by atoms with van der Waals surface area (Å²) in [4.78, 5) is 0. The predicted octanol–water partition coefficient (Wildman–Crippen LogP) is 3.10. The van der Waals surface area contributed by atoms with Crippen molar-refractivity contribution in [3.05, 3.63) is 0 Å². The Labute approximate surface area is 94.6 Å². The van der Waals surface area contributed by atoms with Gasteiger partial charge in [-0.15, -0.1) is 0 Å². The summed E-state index contributed by atoms with van der Waals surface area (Å²) >= 11 is 0. The van der Waals surface area contributed by atoms with Crippen molar-refractivity contribution in [2.24, 2.45) is 11.7 Å². The second-order valence-corrected chi connectivity index (χ2v) is 5.12. The van der Waals surface area contributed by atoms with Crippen molar-refractivity contribution < 1.29 is 4.74 Å². The lowest BCUT2D eigenvalue weighted by Gasteiger charge is -2.38. The van der Waals surface area contributed by atoms with Crippen LogP contribution in [-0.2, 0) is 4.74 Å². The lowest BCUT2D eigenvalue weighted by Crippen LogP contribution is -2.43. The molecule has 0 aromatic heterocycles. The van der Waals surface area contributed by atoms with Crippen molar-refractivity contribution in [3.8, 4) is 0 Å². The van der Waals surface area contributed by atoms with Gasteiger partial charge in [-0.2, -0.15) is 0 Å². The van der Waals surface area contributed by atoms with Crippen LogP contribution in [0.5, 0.6) is 0 Å². The van der Waals surface area contributed by atoms with Crippen molar-refractivity contribution in [2.75, 3.05) is 6.54 Å². The summed E-state index contributed by atoms with van der Waals surface area (Å²) in [6.45, 7) is 7.22. The summed E-state index contributed by atoms with van der Waals surface area (Å²) < 4.78 is 6.26. The monoisotopic (exact) mass is 213 g/mol. The van der Waals surface area contributed by atoms with Gasteiger partial charge in [0.15, 0.2) is 0 Å². The Morgan fingerprint density at radius 3 is 2.47 bits per heavy atom. The molecular formula is C13H27NO. The van der Waals surface area contributed by atoms with E-state index < -0.39 is 0 Å². The Balaban J connectivity index is 2.53. The summed E-state index contributed by atoms with van der Waals surface area (Å²) in [5, 5.41) is 0. The third kappa shape index (κ3) is 3.46. The highest BCUT2D eigenvalue weighted by molar-refractivity contribution is 4.81. The first kappa shape index (κ1) is 13.0. The van der Waals surface area contributed by atoms with Crippen molar-refractivity contribution in [3.63, 3.8) is 0 Å². The molecule has 3 unspecified atom stereocenters. The van der Waals surface area contributed by atoms with Gasteiger partial charge in [0.1, 0.15) is 0 Å². The van der Waals surface area contributed by atoms with Gasteiger partial charge in [-0.3, -0.25) is 0 Å². The molecule has 0 saturated heterocycles. The van der Waals surface area contributed by atoms with Crippen molar-refractivity contribution in [2.45, 2.75) is 71.0 Å². The first-order valence-corrected chi connectivity index (χ1v) is 6.53. The van der Waals surface area contributed by atoms with E-state index in [1.807, 2.05) is 0 Å². The Kier molecular flexibility index (Phi) is 5.07. The van der Waals surface area contributed by atoms with Crippen molar-refractivity contribution in [1.29, 1.82) is 0 Å². The molecule has 90 valence electrons. The fourth-order valence-corrected chi connectivity index (χ4v) is 2.44. The summed E-state index contributed by atoms with van der Waals surface area (Å²) in [5.41, 5.74) is 5.69. The van der Waals surface area contributed by atoms with Gasteiger partial charge < -0.3 is 10.5 Å². The van der Waals surface area contributed by atoms with E-state index in [9.17, 15) is 0 Å². The molecule has 1 saturated carbocycles. The highest BCUT2D eigenvalue weighted by Gasteiger charge is 2.31. The van der Waals surface area contributed by atoms with E-state index in [0.717, 1.165) is 12.3 Å². The molecule has 1 rings (SSSR count). The number of rotatable bonds is 5. The lowest BCUT2D eigenvalue weighted by atomic mass is 9.84. The van der Waals surface area contributed by atoms with E-state index in [1.165, 1.54) is 32.1 Å². The van der Waals surface area contributed by atoms with Crippen LogP contribution < -0.4 is 5.73 Å². The Hall–Kier alpha value is -0.0800. The average molecular weight is 213 g/mol. The van der Waals surface area contributed by atoms with Gasteiger partial charge in [-0.05, 0) is 32.1 Å². The molecule has 0 aromatic carbocycles. The maximum absolute atomic E-state index is 6.26. The maximum Gasteiger partial charge on any atom is 0.0777 e. The molecule has 1 aliphatic rings. The topological polar surface area (TPSA) is 35.2 Å². The lowest BCUT2D eigenvalue weighted by molar-refractivity contribution is -0.114. The highest BCUT2D eigenvalue weighted by Crippen LogP contribution is 2.32. The van der Waals surface area contributed by atoms with Gasteiger partial charge in [0.2, 0.25) is 0 Å².